The molecule has 0 bridgehead atoms. The van der Waals surface area contributed by atoms with Crippen LogP contribution in [0.25, 0.3) is 0 Å². The number of hydrogen-bond acceptors (Lipinski definition) is 4. The Morgan fingerprint density at radius 2 is 2.05 bits per heavy atom. The van der Waals surface area contributed by atoms with Gasteiger partial charge in [-0.2, -0.15) is 0 Å². The molecule has 0 saturated heterocycles. The van der Waals surface area contributed by atoms with Crippen molar-refractivity contribution in [3.8, 4) is 5.75 Å². The molecule has 5 nitrogen and oxygen atoms in total. The van der Waals surface area contributed by atoms with Crippen molar-refractivity contribution in [2.24, 2.45) is 0 Å². The third kappa shape index (κ3) is 3.72. The summed E-state index contributed by atoms with van der Waals surface area (Å²) in [6.45, 7) is 2.33. The summed E-state index contributed by atoms with van der Waals surface area (Å²) in [6.07, 6.45) is 0. The Bertz CT molecular complexity index is 674. The smallest absolute Gasteiger partial charge is 0.275 e. The second-order valence-corrected chi connectivity index (χ2v) is 5.50. The number of nitrogens with zero attached hydrogens (tertiary/aromatic N) is 1. The number of halogens is 1. The molecule has 0 aromatic heterocycles. The van der Waals surface area contributed by atoms with Crippen molar-refractivity contribution in [1.29, 1.82) is 0 Å². The summed E-state index contributed by atoms with van der Waals surface area (Å²) in [4.78, 5) is 10.7. The molecule has 0 fully saturated rings. The predicted molar refractivity (Wildman–Crippen MR) is 85.9 cm³/mol. The highest BCUT2D eigenvalue weighted by Gasteiger charge is 2.14. The molecular weight excluding hydrogens is 336 g/mol. The van der Waals surface area contributed by atoms with Crippen molar-refractivity contribution >= 4 is 27.3 Å². The highest BCUT2D eigenvalue weighted by atomic mass is 79.9. The Kier molecular flexibility index (Phi) is 4.80. The van der Waals surface area contributed by atoms with E-state index >= 15 is 0 Å². The van der Waals surface area contributed by atoms with E-state index in [1.807, 2.05) is 25.1 Å². The Balaban J connectivity index is 2.24. The van der Waals surface area contributed by atoms with Gasteiger partial charge in [0.05, 0.1) is 17.7 Å². The number of nitrogens with one attached hydrogen (secondary N) is 1. The molecule has 0 aliphatic rings. The van der Waals surface area contributed by atoms with E-state index in [2.05, 4.69) is 21.2 Å². The van der Waals surface area contributed by atoms with Crippen LogP contribution in [0, 0.1) is 17.0 Å². The Morgan fingerprint density at radius 3 is 2.71 bits per heavy atom. The Morgan fingerprint density at radius 1 is 1.29 bits per heavy atom. The molecule has 2 rings (SSSR count). The van der Waals surface area contributed by atoms with Gasteiger partial charge >= 0.3 is 0 Å². The maximum atomic E-state index is 11.1. The van der Waals surface area contributed by atoms with Crippen LogP contribution in [0.15, 0.2) is 40.9 Å². The highest BCUT2D eigenvalue weighted by molar-refractivity contribution is 9.10. The standard InChI is InChI=1S/C15H15BrN2O3/c1-10-3-6-15(21-2)13(7-10)17-9-11-4-5-12(16)8-14(11)18(19)20/h3-8,17H,9H2,1-2H3. The van der Waals surface area contributed by atoms with Crippen LogP contribution >= 0.6 is 15.9 Å². The van der Waals surface area contributed by atoms with Crippen molar-refractivity contribution in [3.05, 3.63) is 62.1 Å². The van der Waals surface area contributed by atoms with Gasteiger partial charge < -0.3 is 10.1 Å². The zero-order valence-electron chi connectivity index (χ0n) is 11.7. The number of ether oxygens (including phenoxy) is 1. The van der Waals surface area contributed by atoms with Gasteiger partial charge in [0.2, 0.25) is 0 Å². The number of hydrogen-bond donors (Lipinski definition) is 1. The average molecular weight is 351 g/mol. The number of methoxy groups -OCH3 is 1. The van der Waals surface area contributed by atoms with Crippen LogP contribution in [-0.4, -0.2) is 12.0 Å². The lowest BCUT2D eigenvalue weighted by atomic mass is 10.1. The molecule has 1 N–H and O–H groups in total. The minimum Gasteiger partial charge on any atom is -0.495 e. The lowest BCUT2D eigenvalue weighted by Gasteiger charge is -2.12. The van der Waals surface area contributed by atoms with Gasteiger partial charge in [0.25, 0.3) is 5.69 Å². The summed E-state index contributed by atoms with van der Waals surface area (Å²) in [5.41, 5.74) is 2.61. The monoisotopic (exact) mass is 350 g/mol. The first-order valence-electron chi connectivity index (χ1n) is 6.32. The number of nitro benzene ring substituents is 1. The van der Waals surface area contributed by atoms with Crippen LogP contribution in [0.4, 0.5) is 11.4 Å². The first-order chi connectivity index (χ1) is 10.0. The number of aryl methyl sites for hydroxylation is 1. The minimum absolute atomic E-state index is 0.0866. The van der Waals surface area contributed by atoms with Gasteiger partial charge in [-0.3, -0.25) is 10.1 Å². The van der Waals surface area contributed by atoms with Crippen molar-refractivity contribution in [2.75, 3.05) is 12.4 Å². The SMILES string of the molecule is COc1ccc(C)cc1NCc1ccc(Br)cc1[N+](=O)[O-]. The van der Waals surface area contributed by atoms with Crippen LogP contribution in [0.3, 0.4) is 0 Å². The van der Waals surface area contributed by atoms with Crippen LogP contribution in [0.2, 0.25) is 0 Å². The van der Waals surface area contributed by atoms with E-state index in [4.69, 9.17) is 4.74 Å². The highest BCUT2D eigenvalue weighted by Crippen LogP contribution is 2.28. The van der Waals surface area contributed by atoms with Gasteiger partial charge in [-0.05, 0) is 36.8 Å². The van der Waals surface area contributed by atoms with E-state index in [0.29, 0.717) is 22.3 Å². The van der Waals surface area contributed by atoms with Crippen LogP contribution in [0.5, 0.6) is 5.75 Å². The van der Waals surface area contributed by atoms with E-state index in [-0.39, 0.29) is 10.6 Å². The molecule has 0 saturated carbocycles. The molecule has 0 heterocycles. The van der Waals surface area contributed by atoms with Crippen molar-refractivity contribution < 1.29 is 9.66 Å². The van der Waals surface area contributed by atoms with E-state index in [0.717, 1.165) is 11.3 Å². The van der Waals surface area contributed by atoms with E-state index < -0.39 is 0 Å². The summed E-state index contributed by atoms with van der Waals surface area (Å²) >= 11 is 3.25. The predicted octanol–water partition coefficient (Wildman–Crippen LogP) is 4.29. The first-order valence-corrected chi connectivity index (χ1v) is 7.12. The van der Waals surface area contributed by atoms with Gasteiger partial charge in [0, 0.05) is 22.6 Å². The van der Waals surface area contributed by atoms with Crippen molar-refractivity contribution in [1.82, 2.24) is 0 Å². The van der Waals surface area contributed by atoms with E-state index in [1.165, 1.54) is 6.07 Å². The maximum Gasteiger partial charge on any atom is 0.275 e. The molecule has 0 unspecified atom stereocenters. The topological polar surface area (TPSA) is 64.4 Å². The lowest BCUT2D eigenvalue weighted by Crippen LogP contribution is -2.04. The Hall–Kier alpha value is -2.08. The van der Waals surface area contributed by atoms with Crippen LogP contribution in [-0.2, 0) is 6.54 Å². The Labute approximate surface area is 131 Å². The molecular formula is C15H15BrN2O3. The molecule has 0 radical (unpaired) electrons. The van der Waals surface area contributed by atoms with Gasteiger partial charge in [0.1, 0.15) is 5.75 Å². The number of rotatable bonds is 5. The fourth-order valence-corrected chi connectivity index (χ4v) is 2.36. The molecule has 21 heavy (non-hydrogen) atoms. The van der Waals surface area contributed by atoms with Gasteiger partial charge in [-0.15, -0.1) is 0 Å². The second-order valence-electron chi connectivity index (χ2n) is 4.59. The fraction of sp³-hybridized carbons (Fsp3) is 0.200. The molecule has 0 aliphatic carbocycles. The maximum absolute atomic E-state index is 11.1. The van der Waals surface area contributed by atoms with E-state index in [9.17, 15) is 10.1 Å². The zero-order chi connectivity index (χ0) is 15.4. The summed E-state index contributed by atoms with van der Waals surface area (Å²) in [5, 5.41) is 14.3. The third-order valence-electron chi connectivity index (χ3n) is 3.07. The second kappa shape index (κ2) is 6.58. The average Bonchev–Trinajstić information content (AvgIpc) is 2.46. The third-order valence-corrected chi connectivity index (χ3v) is 3.56. The summed E-state index contributed by atoms with van der Waals surface area (Å²) < 4.78 is 5.97. The minimum atomic E-state index is -0.380. The van der Waals surface area contributed by atoms with Gasteiger partial charge in [0.15, 0.2) is 0 Å². The number of benzene rings is 2. The number of nitro groups is 1. The molecule has 6 heteroatoms. The molecule has 0 aliphatic heterocycles. The molecule has 110 valence electrons. The van der Waals surface area contributed by atoms with Crippen molar-refractivity contribution in [2.45, 2.75) is 13.5 Å². The molecule has 0 atom stereocenters. The van der Waals surface area contributed by atoms with Gasteiger partial charge in [-0.25, -0.2) is 0 Å². The molecule has 0 amide bonds. The first kappa shape index (κ1) is 15.3. The largest absolute Gasteiger partial charge is 0.495 e. The fourth-order valence-electron chi connectivity index (χ4n) is 2.01. The van der Waals surface area contributed by atoms with Crippen LogP contribution in [0.1, 0.15) is 11.1 Å². The van der Waals surface area contributed by atoms with Gasteiger partial charge in [-0.1, -0.05) is 22.0 Å². The summed E-state index contributed by atoms with van der Waals surface area (Å²) in [6, 6.07) is 10.8. The van der Waals surface area contributed by atoms with E-state index in [1.54, 1.807) is 19.2 Å². The summed E-state index contributed by atoms with van der Waals surface area (Å²) in [5.74, 6) is 0.709. The quantitative estimate of drug-likeness (QED) is 0.645. The summed E-state index contributed by atoms with van der Waals surface area (Å²) in [7, 11) is 1.60. The normalized spacial score (nSPS) is 10.2. The molecule has 2 aromatic rings. The lowest BCUT2D eigenvalue weighted by molar-refractivity contribution is -0.385. The molecule has 0 spiro atoms. The zero-order valence-corrected chi connectivity index (χ0v) is 13.3. The van der Waals surface area contributed by atoms with Crippen LogP contribution < -0.4 is 10.1 Å². The number of anilines is 1. The van der Waals surface area contributed by atoms with Crippen molar-refractivity contribution in [3.63, 3.8) is 0 Å². The molecule has 2 aromatic carbocycles.